The number of anilines is 1. The molecule has 1 heterocycles. The van der Waals surface area contributed by atoms with Gasteiger partial charge < -0.3 is 5.32 Å². The molecule has 0 radical (unpaired) electrons. The van der Waals surface area contributed by atoms with Gasteiger partial charge in [0.1, 0.15) is 0 Å². The van der Waals surface area contributed by atoms with Crippen LogP contribution >= 0.6 is 23.2 Å². The lowest BCUT2D eigenvalue weighted by Gasteiger charge is -2.13. The van der Waals surface area contributed by atoms with Crippen molar-refractivity contribution in [3.63, 3.8) is 0 Å². The predicted octanol–water partition coefficient (Wildman–Crippen LogP) is 4.00. The van der Waals surface area contributed by atoms with E-state index in [9.17, 15) is 0 Å². The summed E-state index contributed by atoms with van der Waals surface area (Å²) in [4.78, 5) is 4.26. The zero-order valence-corrected chi connectivity index (χ0v) is 11.1. The van der Waals surface area contributed by atoms with Gasteiger partial charge >= 0.3 is 0 Å². The Morgan fingerprint density at radius 3 is 2.71 bits per heavy atom. The van der Waals surface area contributed by atoms with E-state index in [-0.39, 0.29) is 0 Å². The van der Waals surface area contributed by atoms with Crippen LogP contribution in [0.3, 0.4) is 0 Å². The Morgan fingerprint density at radius 1 is 1.29 bits per heavy atom. The van der Waals surface area contributed by atoms with Crippen LogP contribution in [0.2, 0.25) is 10.0 Å². The number of aromatic nitrogens is 2. The Hall–Kier alpha value is -1.19. The van der Waals surface area contributed by atoms with E-state index in [4.69, 9.17) is 23.2 Å². The number of nitrogens with zero attached hydrogens (tertiary/aromatic N) is 2. The summed E-state index contributed by atoms with van der Waals surface area (Å²) in [5.41, 5.74) is 0.858. The number of imidazole rings is 1. The van der Waals surface area contributed by atoms with E-state index in [0.717, 1.165) is 11.6 Å². The van der Waals surface area contributed by atoms with Gasteiger partial charge in [0.15, 0.2) is 0 Å². The smallest absolute Gasteiger partial charge is 0.207 e. The highest BCUT2D eigenvalue weighted by Crippen LogP contribution is 2.26. The van der Waals surface area contributed by atoms with Crippen molar-refractivity contribution in [2.45, 2.75) is 19.9 Å². The van der Waals surface area contributed by atoms with Gasteiger partial charge in [-0.2, -0.15) is 0 Å². The molecule has 1 aromatic carbocycles. The van der Waals surface area contributed by atoms with Crippen molar-refractivity contribution >= 4 is 29.2 Å². The van der Waals surface area contributed by atoms with Crippen LogP contribution in [0.15, 0.2) is 30.6 Å². The fraction of sp³-hybridized carbons (Fsp3) is 0.250. The third-order valence-electron chi connectivity index (χ3n) is 2.23. The molecule has 0 amide bonds. The van der Waals surface area contributed by atoms with Crippen LogP contribution in [0.5, 0.6) is 0 Å². The summed E-state index contributed by atoms with van der Waals surface area (Å²) in [5.74, 6) is 0.768. The zero-order chi connectivity index (χ0) is 12.4. The number of hydrogen-bond acceptors (Lipinski definition) is 2. The van der Waals surface area contributed by atoms with E-state index in [1.165, 1.54) is 0 Å². The van der Waals surface area contributed by atoms with Gasteiger partial charge in [0.2, 0.25) is 5.95 Å². The minimum Gasteiger partial charge on any atom is -0.353 e. The minimum absolute atomic E-state index is 0.308. The number of hydrogen-bond donors (Lipinski definition) is 1. The molecule has 2 aromatic rings. The average Bonchev–Trinajstić information content (AvgIpc) is 2.65. The highest BCUT2D eigenvalue weighted by atomic mass is 35.5. The van der Waals surface area contributed by atoms with Gasteiger partial charge in [-0.15, -0.1) is 0 Å². The topological polar surface area (TPSA) is 29.9 Å². The minimum atomic E-state index is 0.308. The Kier molecular flexibility index (Phi) is 3.60. The summed E-state index contributed by atoms with van der Waals surface area (Å²) in [6.45, 7) is 4.12. The summed E-state index contributed by atoms with van der Waals surface area (Å²) in [7, 11) is 0. The van der Waals surface area contributed by atoms with Gasteiger partial charge in [-0.25, -0.2) is 4.98 Å². The van der Waals surface area contributed by atoms with Crippen LogP contribution in [0.4, 0.5) is 5.95 Å². The van der Waals surface area contributed by atoms with Crippen LogP contribution in [0.1, 0.15) is 13.8 Å². The monoisotopic (exact) mass is 269 g/mol. The molecule has 0 aliphatic carbocycles. The lowest BCUT2D eigenvalue weighted by atomic mass is 10.3. The third-order valence-corrected chi connectivity index (χ3v) is 2.77. The molecule has 2 rings (SSSR count). The molecular formula is C12H13Cl2N3. The van der Waals surface area contributed by atoms with Gasteiger partial charge in [-0.1, -0.05) is 23.2 Å². The lowest BCUT2D eigenvalue weighted by molar-refractivity contribution is 0.864. The molecular weight excluding hydrogens is 257 g/mol. The van der Waals surface area contributed by atoms with Gasteiger partial charge in [-0.05, 0) is 32.0 Å². The first-order valence-electron chi connectivity index (χ1n) is 5.33. The van der Waals surface area contributed by atoms with Gasteiger partial charge in [0, 0.05) is 23.5 Å². The number of nitrogens with one attached hydrogen (secondary N) is 1. The van der Waals surface area contributed by atoms with Crippen molar-refractivity contribution in [3.05, 3.63) is 40.6 Å². The molecule has 0 bridgehead atoms. The molecule has 90 valence electrons. The first-order chi connectivity index (χ1) is 8.08. The van der Waals surface area contributed by atoms with Crippen LogP contribution in [-0.4, -0.2) is 15.6 Å². The molecule has 0 saturated carbocycles. The van der Waals surface area contributed by atoms with Crippen molar-refractivity contribution in [2.75, 3.05) is 5.32 Å². The fourth-order valence-electron chi connectivity index (χ4n) is 1.54. The van der Waals surface area contributed by atoms with Crippen molar-refractivity contribution in [1.29, 1.82) is 0 Å². The van der Waals surface area contributed by atoms with Crippen molar-refractivity contribution < 1.29 is 0 Å². The summed E-state index contributed by atoms with van der Waals surface area (Å²) < 4.78 is 1.90. The Balaban J connectivity index is 2.42. The second kappa shape index (κ2) is 4.98. The average molecular weight is 270 g/mol. The molecule has 0 spiro atoms. The second-order valence-electron chi connectivity index (χ2n) is 4.02. The predicted molar refractivity (Wildman–Crippen MR) is 72.3 cm³/mol. The molecule has 17 heavy (non-hydrogen) atoms. The van der Waals surface area contributed by atoms with Crippen molar-refractivity contribution in [2.24, 2.45) is 0 Å². The zero-order valence-electron chi connectivity index (χ0n) is 9.61. The van der Waals surface area contributed by atoms with Crippen LogP contribution in [0.25, 0.3) is 5.69 Å². The normalized spacial score (nSPS) is 10.9. The molecule has 0 aliphatic rings. The van der Waals surface area contributed by atoms with E-state index >= 15 is 0 Å². The van der Waals surface area contributed by atoms with Gasteiger partial charge in [0.25, 0.3) is 0 Å². The highest BCUT2D eigenvalue weighted by Gasteiger charge is 2.09. The van der Waals surface area contributed by atoms with Crippen LogP contribution in [-0.2, 0) is 0 Å². The first kappa shape index (κ1) is 12.3. The van der Waals surface area contributed by atoms with Crippen molar-refractivity contribution in [1.82, 2.24) is 9.55 Å². The number of halogens is 2. The van der Waals surface area contributed by atoms with E-state index in [1.54, 1.807) is 12.3 Å². The summed E-state index contributed by atoms with van der Waals surface area (Å²) >= 11 is 12.0. The Bertz CT molecular complexity index is 520. The van der Waals surface area contributed by atoms with Crippen LogP contribution < -0.4 is 5.32 Å². The SMILES string of the molecule is CC(C)Nc1nccn1-c1ccc(Cl)cc1Cl. The number of benzene rings is 1. The van der Waals surface area contributed by atoms with Crippen LogP contribution in [0, 0.1) is 0 Å². The third kappa shape index (κ3) is 2.73. The molecule has 0 atom stereocenters. The standard InChI is InChI=1S/C12H13Cl2N3/c1-8(2)16-12-15-5-6-17(12)11-4-3-9(13)7-10(11)14/h3-8H,1-2H3,(H,15,16). The van der Waals surface area contributed by atoms with Gasteiger partial charge in [0.05, 0.1) is 10.7 Å². The second-order valence-corrected chi connectivity index (χ2v) is 4.86. The summed E-state index contributed by atoms with van der Waals surface area (Å²) in [6, 6.07) is 5.71. The molecule has 3 nitrogen and oxygen atoms in total. The molecule has 1 aromatic heterocycles. The molecule has 0 fully saturated rings. The number of rotatable bonds is 3. The summed E-state index contributed by atoms with van der Waals surface area (Å²) in [5, 5.41) is 4.48. The van der Waals surface area contributed by atoms with E-state index in [1.807, 2.05) is 22.9 Å². The van der Waals surface area contributed by atoms with E-state index in [0.29, 0.717) is 16.1 Å². The molecule has 5 heteroatoms. The van der Waals surface area contributed by atoms with E-state index < -0.39 is 0 Å². The van der Waals surface area contributed by atoms with E-state index in [2.05, 4.69) is 24.1 Å². The first-order valence-corrected chi connectivity index (χ1v) is 6.09. The Labute approximate surface area is 110 Å². The fourth-order valence-corrected chi connectivity index (χ4v) is 2.04. The lowest BCUT2D eigenvalue weighted by Crippen LogP contribution is -2.14. The highest BCUT2D eigenvalue weighted by molar-refractivity contribution is 6.35. The summed E-state index contributed by atoms with van der Waals surface area (Å²) in [6.07, 6.45) is 3.59. The molecule has 1 N–H and O–H groups in total. The molecule has 0 saturated heterocycles. The molecule has 0 aliphatic heterocycles. The largest absolute Gasteiger partial charge is 0.353 e. The van der Waals surface area contributed by atoms with Gasteiger partial charge in [-0.3, -0.25) is 4.57 Å². The Morgan fingerprint density at radius 2 is 2.06 bits per heavy atom. The quantitative estimate of drug-likeness (QED) is 0.913. The maximum atomic E-state index is 6.17. The molecule has 0 unspecified atom stereocenters. The maximum absolute atomic E-state index is 6.17. The van der Waals surface area contributed by atoms with Crippen molar-refractivity contribution in [3.8, 4) is 5.69 Å². The maximum Gasteiger partial charge on any atom is 0.207 e.